The summed E-state index contributed by atoms with van der Waals surface area (Å²) in [6.07, 6.45) is 3.58. The summed E-state index contributed by atoms with van der Waals surface area (Å²) in [7, 11) is 3.84. The van der Waals surface area contributed by atoms with E-state index in [1.807, 2.05) is 14.2 Å². The van der Waals surface area contributed by atoms with Crippen LogP contribution in [-0.2, 0) is 11.2 Å². The summed E-state index contributed by atoms with van der Waals surface area (Å²) in [4.78, 5) is 0. The van der Waals surface area contributed by atoms with E-state index in [1.54, 1.807) is 0 Å². The highest BCUT2D eigenvalue weighted by atomic mass is 16.5. The van der Waals surface area contributed by atoms with Gasteiger partial charge in [-0.05, 0) is 44.9 Å². The van der Waals surface area contributed by atoms with Gasteiger partial charge in [-0.3, -0.25) is 0 Å². The van der Waals surface area contributed by atoms with E-state index in [0.717, 1.165) is 19.3 Å². The molecule has 0 bridgehead atoms. The van der Waals surface area contributed by atoms with Gasteiger partial charge in [0.05, 0.1) is 6.10 Å². The number of likely N-dealkylation sites (N-methyl/N-ethyl adjacent to an activating group) is 1. The van der Waals surface area contributed by atoms with Crippen molar-refractivity contribution in [3.05, 3.63) is 34.9 Å². The standard InChI is InChI=1S/C16H27NO/c1-6-7-16(18-5)15(17-4)11-14-10-12(2)8-9-13(14)3/h8-10,15-17H,6-7,11H2,1-5H3. The Morgan fingerprint density at radius 2 is 2.00 bits per heavy atom. The van der Waals surface area contributed by atoms with Crippen LogP contribution in [0, 0.1) is 13.8 Å². The van der Waals surface area contributed by atoms with Gasteiger partial charge in [0.15, 0.2) is 0 Å². The van der Waals surface area contributed by atoms with Crippen LogP contribution < -0.4 is 5.32 Å². The van der Waals surface area contributed by atoms with Crippen molar-refractivity contribution in [2.24, 2.45) is 0 Å². The summed E-state index contributed by atoms with van der Waals surface area (Å²) >= 11 is 0. The molecule has 0 fully saturated rings. The lowest BCUT2D eigenvalue weighted by Crippen LogP contribution is -2.40. The minimum Gasteiger partial charge on any atom is -0.380 e. The Labute approximate surface area is 112 Å². The monoisotopic (exact) mass is 249 g/mol. The molecule has 18 heavy (non-hydrogen) atoms. The zero-order valence-corrected chi connectivity index (χ0v) is 12.4. The Balaban J connectivity index is 2.81. The minimum absolute atomic E-state index is 0.292. The summed E-state index contributed by atoms with van der Waals surface area (Å²) in [5, 5.41) is 3.41. The fraction of sp³-hybridized carbons (Fsp3) is 0.625. The number of rotatable bonds is 7. The van der Waals surface area contributed by atoms with E-state index in [9.17, 15) is 0 Å². The molecule has 1 aromatic rings. The minimum atomic E-state index is 0.292. The molecule has 102 valence electrons. The van der Waals surface area contributed by atoms with Crippen LogP contribution in [-0.4, -0.2) is 26.3 Å². The van der Waals surface area contributed by atoms with Gasteiger partial charge in [-0.2, -0.15) is 0 Å². The molecule has 0 radical (unpaired) electrons. The molecule has 2 unspecified atom stereocenters. The van der Waals surface area contributed by atoms with Crippen molar-refractivity contribution in [2.45, 2.75) is 52.2 Å². The number of nitrogens with one attached hydrogen (secondary N) is 1. The lowest BCUT2D eigenvalue weighted by atomic mass is 9.94. The maximum Gasteiger partial charge on any atom is 0.0727 e. The first kappa shape index (κ1) is 15.2. The van der Waals surface area contributed by atoms with Crippen LogP contribution in [0.1, 0.15) is 36.5 Å². The van der Waals surface area contributed by atoms with Gasteiger partial charge < -0.3 is 10.1 Å². The molecule has 0 aliphatic rings. The highest BCUT2D eigenvalue weighted by Crippen LogP contribution is 2.16. The van der Waals surface area contributed by atoms with Crippen molar-refractivity contribution >= 4 is 0 Å². The van der Waals surface area contributed by atoms with E-state index in [0.29, 0.717) is 12.1 Å². The molecule has 1 rings (SSSR count). The van der Waals surface area contributed by atoms with Crippen molar-refractivity contribution < 1.29 is 4.74 Å². The number of ether oxygens (including phenoxy) is 1. The van der Waals surface area contributed by atoms with Gasteiger partial charge in [0.2, 0.25) is 0 Å². The molecular formula is C16H27NO. The van der Waals surface area contributed by atoms with Gasteiger partial charge in [-0.15, -0.1) is 0 Å². The van der Waals surface area contributed by atoms with Gasteiger partial charge in [0, 0.05) is 13.2 Å². The first-order valence-electron chi connectivity index (χ1n) is 6.88. The largest absolute Gasteiger partial charge is 0.380 e. The van der Waals surface area contributed by atoms with Crippen LogP contribution in [0.5, 0.6) is 0 Å². The van der Waals surface area contributed by atoms with E-state index >= 15 is 0 Å². The third kappa shape index (κ3) is 4.11. The summed E-state index contributed by atoms with van der Waals surface area (Å²) in [5.41, 5.74) is 4.12. The number of aryl methyl sites for hydroxylation is 2. The molecule has 0 amide bonds. The highest BCUT2D eigenvalue weighted by molar-refractivity contribution is 5.31. The van der Waals surface area contributed by atoms with Crippen LogP contribution >= 0.6 is 0 Å². The molecule has 0 aliphatic carbocycles. The molecule has 0 aliphatic heterocycles. The lowest BCUT2D eigenvalue weighted by Gasteiger charge is -2.26. The van der Waals surface area contributed by atoms with Crippen molar-refractivity contribution in [3.8, 4) is 0 Å². The maximum absolute atomic E-state index is 5.62. The Hall–Kier alpha value is -0.860. The molecule has 0 spiro atoms. The molecule has 0 saturated carbocycles. The molecule has 2 atom stereocenters. The quantitative estimate of drug-likeness (QED) is 0.801. The zero-order chi connectivity index (χ0) is 13.5. The van der Waals surface area contributed by atoms with Gasteiger partial charge >= 0.3 is 0 Å². The Morgan fingerprint density at radius 3 is 2.56 bits per heavy atom. The summed E-state index contributed by atoms with van der Waals surface area (Å²) in [5.74, 6) is 0. The normalized spacial score (nSPS) is 14.5. The molecule has 1 N–H and O–H groups in total. The fourth-order valence-corrected chi connectivity index (χ4v) is 2.44. The van der Waals surface area contributed by atoms with Crippen LogP contribution in [0.25, 0.3) is 0 Å². The fourth-order valence-electron chi connectivity index (χ4n) is 2.44. The van der Waals surface area contributed by atoms with E-state index in [4.69, 9.17) is 4.74 Å². The van der Waals surface area contributed by atoms with E-state index < -0.39 is 0 Å². The molecule has 2 heteroatoms. The molecule has 1 aromatic carbocycles. The summed E-state index contributed by atoms with van der Waals surface area (Å²) < 4.78 is 5.62. The molecular weight excluding hydrogens is 222 g/mol. The average Bonchev–Trinajstić information content (AvgIpc) is 2.37. The van der Waals surface area contributed by atoms with Crippen molar-refractivity contribution in [1.29, 1.82) is 0 Å². The highest BCUT2D eigenvalue weighted by Gasteiger charge is 2.19. The van der Waals surface area contributed by atoms with E-state index in [-0.39, 0.29) is 0 Å². The van der Waals surface area contributed by atoms with Gasteiger partial charge in [-0.25, -0.2) is 0 Å². The first-order chi connectivity index (χ1) is 8.62. The topological polar surface area (TPSA) is 21.3 Å². The second-order valence-electron chi connectivity index (χ2n) is 5.09. The molecule has 0 aromatic heterocycles. The summed E-state index contributed by atoms with van der Waals surface area (Å²) in [6.45, 7) is 6.54. The smallest absolute Gasteiger partial charge is 0.0727 e. The SMILES string of the molecule is CCCC(OC)C(Cc1cc(C)ccc1C)NC. The van der Waals surface area contributed by atoms with Gasteiger partial charge in [0.25, 0.3) is 0 Å². The first-order valence-corrected chi connectivity index (χ1v) is 6.88. The van der Waals surface area contributed by atoms with Crippen LogP contribution in [0.15, 0.2) is 18.2 Å². The predicted molar refractivity (Wildman–Crippen MR) is 78.2 cm³/mol. The average molecular weight is 249 g/mol. The number of benzene rings is 1. The molecule has 2 nitrogen and oxygen atoms in total. The van der Waals surface area contributed by atoms with Crippen molar-refractivity contribution in [3.63, 3.8) is 0 Å². The van der Waals surface area contributed by atoms with E-state index in [2.05, 4.69) is 44.3 Å². The number of methoxy groups -OCH3 is 1. The Kier molecular flexibility index (Phi) is 6.37. The molecule has 0 saturated heterocycles. The zero-order valence-electron chi connectivity index (χ0n) is 12.4. The molecule has 0 heterocycles. The third-order valence-electron chi connectivity index (χ3n) is 3.64. The van der Waals surface area contributed by atoms with E-state index in [1.165, 1.54) is 16.7 Å². The van der Waals surface area contributed by atoms with Crippen molar-refractivity contribution in [1.82, 2.24) is 5.32 Å². The summed E-state index contributed by atoms with van der Waals surface area (Å²) in [6, 6.07) is 7.06. The van der Waals surface area contributed by atoms with Crippen LogP contribution in [0.3, 0.4) is 0 Å². The maximum atomic E-state index is 5.62. The van der Waals surface area contributed by atoms with Crippen LogP contribution in [0.2, 0.25) is 0 Å². The van der Waals surface area contributed by atoms with Crippen molar-refractivity contribution in [2.75, 3.05) is 14.2 Å². The van der Waals surface area contributed by atoms with Crippen LogP contribution in [0.4, 0.5) is 0 Å². The predicted octanol–water partition coefficient (Wildman–Crippen LogP) is 3.25. The number of hydrogen-bond donors (Lipinski definition) is 1. The Morgan fingerprint density at radius 1 is 1.28 bits per heavy atom. The second kappa shape index (κ2) is 7.55. The van der Waals surface area contributed by atoms with Gasteiger partial charge in [0.1, 0.15) is 0 Å². The third-order valence-corrected chi connectivity index (χ3v) is 3.64. The Bertz CT molecular complexity index is 362. The van der Waals surface area contributed by atoms with Gasteiger partial charge in [-0.1, -0.05) is 37.1 Å². The second-order valence-corrected chi connectivity index (χ2v) is 5.09. The lowest BCUT2D eigenvalue weighted by molar-refractivity contribution is 0.0632. The number of hydrogen-bond acceptors (Lipinski definition) is 2.